The first-order chi connectivity index (χ1) is 61.4. The monoisotopic (exact) mass is 1610 g/mol. The van der Waals surface area contributed by atoms with Gasteiger partial charge >= 0.3 is 0 Å². The van der Waals surface area contributed by atoms with Crippen molar-refractivity contribution in [3.8, 4) is 124 Å². The molecule has 0 saturated heterocycles. The SMILES string of the molecule is c1ccc(-c2cc(-c3ccc(-c4ccc5c(c4)nc(-c4ccc6c7ccccc7c7ccccc7c6c4)c4sc6ccccc6c45)cc3)nc(-c3ccccc3)n2)cc1.c1ccc(-c2ccc(-c3cc(-c4cccc(-c5ccc6c(c5)nc(-c5ccc7c8ccccc8c8ccccc8c7c5)c5sc7ccccc7c56)c4)nc(-c4ccccc4)n3)cc2)cc1. The zero-order valence-corrected chi connectivity index (χ0v) is 68.5. The molecule has 6 nitrogen and oxygen atoms in total. The van der Waals surface area contributed by atoms with Crippen LogP contribution in [0.2, 0.25) is 0 Å². The van der Waals surface area contributed by atoms with Gasteiger partial charge in [-0.3, -0.25) is 0 Å². The highest BCUT2D eigenvalue weighted by molar-refractivity contribution is 7.27. The summed E-state index contributed by atoms with van der Waals surface area (Å²) in [5, 5.41) is 22.5. The molecule has 0 spiro atoms. The molecule has 576 valence electrons. The molecule has 8 heteroatoms. The van der Waals surface area contributed by atoms with Crippen molar-refractivity contribution < 1.29 is 0 Å². The third-order valence-electron chi connectivity index (χ3n) is 24.5. The van der Waals surface area contributed by atoms with E-state index in [4.69, 9.17) is 29.9 Å². The molecular formula is C116H70N6S2. The molecular weight excluding hydrogens is 1540 g/mol. The van der Waals surface area contributed by atoms with Crippen molar-refractivity contribution in [1.82, 2.24) is 29.9 Å². The highest BCUT2D eigenvalue weighted by Crippen LogP contribution is 2.49. The minimum atomic E-state index is 0.694. The van der Waals surface area contributed by atoms with Crippen LogP contribution in [0.3, 0.4) is 0 Å². The number of thiophene rings is 2. The van der Waals surface area contributed by atoms with E-state index in [2.05, 4.69) is 364 Å². The fourth-order valence-corrected chi connectivity index (χ4v) is 21.0. The summed E-state index contributed by atoms with van der Waals surface area (Å²) < 4.78 is 4.96. The molecule has 0 aliphatic carbocycles. The molecule has 6 heterocycles. The van der Waals surface area contributed by atoms with Crippen LogP contribution in [-0.4, -0.2) is 29.9 Å². The van der Waals surface area contributed by atoms with Gasteiger partial charge in [0.15, 0.2) is 11.6 Å². The van der Waals surface area contributed by atoms with E-state index < -0.39 is 0 Å². The lowest BCUT2D eigenvalue weighted by Crippen LogP contribution is -1.96. The Kier molecular flexibility index (Phi) is 17.6. The molecule has 0 aliphatic heterocycles. The Bertz CT molecular complexity index is 8460. The second kappa shape index (κ2) is 30.1. The van der Waals surface area contributed by atoms with Crippen LogP contribution in [0.4, 0.5) is 0 Å². The molecule has 124 heavy (non-hydrogen) atoms. The van der Waals surface area contributed by atoms with Crippen LogP contribution >= 0.6 is 22.7 Å². The van der Waals surface area contributed by atoms with Gasteiger partial charge in [0.2, 0.25) is 0 Å². The van der Waals surface area contributed by atoms with E-state index in [1.54, 1.807) is 0 Å². The van der Waals surface area contributed by atoms with Gasteiger partial charge in [0.05, 0.1) is 54.6 Å². The van der Waals surface area contributed by atoms with E-state index in [0.717, 1.165) is 117 Å². The van der Waals surface area contributed by atoms with Gasteiger partial charge < -0.3 is 0 Å². The van der Waals surface area contributed by atoms with Gasteiger partial charge in [-0.05, 0) is 153 Å². The number of aromatic nitrogens is 6. The Balaban J connectivity index is 0.000000140. The van der Waals surface area contributed by atoms with Gasteiger partial charge in [-0.2, -0.15) is 0 Å². The third-order valence-corrected chi connectivity index (χ3v) is 26.9. The largest absolute Gasteiger partial charge is 0.246 e. The predicted octanol–water partition coefficient (Wildman–Crippen LogP) is 32.0. The van der Waals surface area contributed by atoms with Crippen LogP contribution in [-0.2, 0) is 0 Å². The fraction of sp³-hybridized carbons (Fsp3) is 0. The molecule has 0 atom stereocenters. The molecule has 0 saturated carbocycles. The molecule has 0 N–H and O–H groups in total. The average molecular weight is 1610 g/mol. The van der Waals surface area contributed by atoms with Crippen molar-refractivity contribution in [2.75, 3.05) is 0 Å². The second-order valence-electron chi connectivity index (χ2n) is 31.8. The zero-order valence-electron chi connectivity index (χ0n) is 66.9. The maximum atomic E-state index is 5.59. The summed E-state index contributed by atoms with van der Waals surface area (Å²) in [7, 11) is 0. The number of benzene rings is 19. The zero-order chi connectivity index (χ0) is 81.7. The Labute approximate surface area is 722 Å². The number of hydrogen-bond acceptors (Lipinski definition) is 8. The molecule has 0 bridgehead atoms. The van der Waals surface area contributed by atoms with Crippen LogP contribution in [0, 0.1) is 0 Å². The van der Waals surface area contributed by atoms with E-state index >= 15 is 0 Å². The van der Waals surface area contributed by atoms with Gasteiger partial charge in [-0.25, -0.2) is 29.9 Å². The summed E-state index contributed by atoms with van der Waals surface area (Å²) in [5.74, 6) is 1.41. The van der Waals surface area contributed by atoms with Crippen LogP contribution < -0.4 is 0 Å². The number of rotatable bonds is 11. The van der Waals surface area contributed by atoms with Crippen molar-refractivity contribution in [2.45, 2.75) is 0 Å². The lowest BCUT2D eigenvalue weighted by Gasteiger charge is -2.13. The van der Waals surface area contributed by atoms with E-state index in [1.807, 2.05) is 83.3 Å². The summed E-state index contributed by atoms with van der Waals surface area (Å²) in [4.78, 5) is 31.5. The van der Waals surface area contributed by atoms with Crippen molar-refractivity contribution in [2.24, 2.45) is 0 Å². The van der Waals surface area contributed by atoms with Crippen LogP contribution in [0.25, 0.3) is 250 Å². The van der Waals surface area contributed by atoms with Gasteiger partial charge in [0.25, 0.3) is 0 Å². The maximum Gasteiger partial charge on any atom is 0.160 e. The molecule has 0 unspecified atom stereocenters. The summed E-state index contributed by atoms with van der Waals surface area (Å²) in [6.07, 6.45) is 0. The molecule has 0 radical (unpaired) electrons. The quantitative estimate of drug-likeness (QED) is 0.120. The van der Waals surface area contributed by atoms with E-state index in [9.17, 15) is 0 Å². The Morgan fingerprint density at radius 3 is 0.815 bits per heavy atom. The first-order valence-corrected chi connectivity index (χ1v) is 43.6. The van der Waals surface area contributed by atoms with E-state index in [-0.39, 0.29) is 0 Å². The van der Waals surface area contributed by atoms with Gasteiger partial charge in [0.1, 0.15) is 0 Å². The predicted molar refractivity (Wildman–Crippen MR) is 525 cm³/mol. The van der Waals surface area contributed by atoms with Gasteiger partial charge in [-0.15, -0.1) is 22.7 Å². The summed E-state index contributed by atoms with van der Waals surface area (Å²) >= 11 is 3.67. The summed E-state index contributed by atoms with van der Waals surface area (Å²) in [6.45, 7) is 0. The number of fused-ring (bicyclic) bond motifs is 22. The minimum absolute atomic E-state index is 0.694. The normalized spacial score (nSPS) is 11.7. The molecule has 25 aromatic rings. The van der Waals surface area contributed by atoms with E-state index in [0.29, 0.717) is 11.6 Å². The van der Waals surface area contributed by atoms with Crippen molar-refractivity contribution in [1.29, 1.82) is 0 Å². The lowest BCUT2D eigenvalue weighted by molar-refractivity contribution is 1.18. The third kappa shape index (κ3) is 12.7. The summed E-state index contributed by atoms with van der Waals surface area (Å²) in [5.41, 5.74) is 22.7. The van der Waals surface area contributed by atoms with Gasteiger partial charge in [-0.1, -0.05) is 370 Å². The van der Waals surface area contributed by atoms with Gasteiger partial charge in [0, 0.05) is 86.2 Å². The highest BCUT2D eigenvalue weighted by Gasteiger charge is 2.23. The van der Waals surface area contributed by atoms with Crippen LogP contribution in [0.5, 0.6) is 0 Å². The lowest BCUT2D eigenvalue weighted by atomic mass is 9.92. The Morgan fingerprint density at radius 2 is 0.403 bits per heavy atom. The smallest absolute Gasteiger partial charge is 0.160 e. The van der Waals surface area contributed by atoms with Crippen molar-refractivity contribution in [3.05, 3.63) is 425 Å². The van der Waals surface area contributed by atoms with Crippen molar-refractivity contribution >= 4 is 149 Å². The standard InChI is InChI=1S/C61H37N3S.C55H33N3S/c1-3-14-38(15-4-1)39-26-28-40(29-27-39)54-37-55(64-61(63-54)41-16-5-2-6-17-41)44-19-13-18-42(34-44)43-30-33-51-56(36-43)62-59(60-58(51)52-24-11-12-25-57(52)65-60)45-31-32-50-48-22-8-7-20-46(48)47-21-9-10-23-49(47)53(50)35-45;1-3-13-35(14-4-1)48-33-49(58-55(57-48)37-15-5-2-6-16-37)36-25-23-34(24-26-36)38-27-30-45-50(32-38)56-53(54-52(45)46-21-11-12-22-51(46)59-54)39-28-29-44-42-19-8-7-17-40(42)41-18-9-10-20-43(41)47(44)31-39/h1-37H;1-33H. The van der Waals surface area contributed by atoms with Crippen molar-refractivity contribution in [3.63, 3.8) is 0 Å². The topological polar surface area (TPSA) is 77.3 Å². The van der Waals surface area contributed by atoms with Crippen LogP contribution in [0.15, 0.2) is 425 Å². The Morgan fingerprint density at radius 1 is 0.145 bits per heavy atom. The number of pyridine rings is 2. The maximum absolute atomic E-state index is 5.59. The number of nitrogens with zero attached hydrogens (tertiary/aromatic N) is 6. The molecule has 0 amide bonds. The molecule has 0 aliphatic rings. The summed E-state index contributed by atoms with van der Waals surface area (Å²) in [6, 6.07) is 152. The first-order valence-electron chi connectivity index (χ1n) is 41.9. The molecule has 0 fully saturated rings. The highest BCUT2D eigenvalue weighted by atomic mass is 32.1. The number of hydrogen-bond donors (Lipinski definition) is 0. The fourth-order valence-electron chi connectivity index (χ4n) is 18.5. The van der Waals surface area contributed by atoms with Crippen LogP contribution in [0.1, 0.15) is 0 Å². The minimum Gasteiger partial charge on any atom is -0.246 e. The molecule has 6 aromatic heterocycles. The average Bonchev–Trinajstić information content (AvgIpc) is 1.57. The first kappa shape index (κ1) is 72.2. The van der Waals surface area contributed by atoms with E-state index in [1.165, 1.54) is 121 Å². The molecule has 25 rings (SSSR count). The molecule has 19 aromatic carbocycles. The Hall–Kier alpha value is -15.8. The second-order valence-corrected chi connectivity index (χ2v) is 33.9.